The number of nitrogens with zero attached hydrogens (tertiary/aromatic N) is 3. The first kappa shape index (κ1) is 19.3. The minimum absolute atomic E-state index is 0.361. The van der Waals surface area contributed by atoms with Crippen molar-refractivity contribution in [1.29, 1.82) is 0 Å². The van der Waals surface area contributed by atoms with E-state index in [1.165, 1.54) is 9.87 Å². The highest BCUT2D eigenvalue weighted by Crippen LogP contribution is 2.19. The smallest absolute Gasteiger partial charge is 0.242 e. The third-order valence-electron chi connectivity index (χ3n) is 4.50. The van der Waals surface area contributed by atoms with Crippen molar-refractivity contribution < 1.29 is 13.2 Å². The van der Waals surface area contributed by atoms with Crippen LogP contribution < -0.4 is 10.2 Å². The summed E-state index contributed by atoms with van der Waals surface area (Å²) in [7, 11) is -3.66. The van der Waals surface area contributed by atoms with E-state index in [0.29, 0.717) is 32.0 Å². The van der Waals surface area contributed by atoms with E-state index in [1.807, 2.05) is 32.0 Å². The Morgan fingerprint density at radius 3 is 2.44 bits per heavy atom. The zero-order valence-corrected chi connectivity index (χ0v) is 16.4. The number of anilines is 2. The first-order chi connectivity index (χ1) is 12.8. The van der Waals surface area contributed by atoms with Gasteiger partial charge in [-0.05, 0) is 49.2 Å². The number of hydrogen-bond acceptors (Lipinski definition) is 5. The van der Waals surface area contributed by atoms with Crippen LogP contribution in [0, 0.1) is 13.8 Å². The minimum Gasteiger partial charge on any atom is -0.369 e. The molecule has 0 saturated carbocycles. The van der Waals surface area contributed by atoms with Crippen LogP contribution in [0.15, 0.2) is 42.6 Å². The molecular formula is C19H24N4O3S. The van der Waals surface area contributed by atoms with E-state index in [-0.39, 0.29) is 0 Å². The van der Waals surface area contributed by atoms with Gasteiger partial charge in [-0.1, -0.05) is 12.1 Å². The van der Waals surface area contributed by atoms with Crippen molar-refractivity contribution in [3.05, 3.63) is 53.7 Å². The molecule has 0 aliphatic carbocycles. The predicted octanol–water partition coefficient (Wildman–Crippen LogP) is 1.79. The number of sulfonamides is 1. The predicted molar refractivity (Wildman–Crippen MR) is 106 cm³/mol. The molecule has 1 fully saturated rings. The summed E-state index contributed by atoms with van der Waals surface area (Å²) in [6.07, 6.45) is 1.57. The maximum absolute atomic E-state index is 12.6. The number of aryl methyl sites for hydroxylation is 2. The van der Waals surface area contributed by atoms with E-state index in [2.05, 4.69) is 21.3 Å². The van der Waals surface area contributed by atoms with Crippen molar-refractivity contribution in [1.82, 2.24) is 9.29 Å². The van der Waals surface area contributed by atoms with Gasteiger partial charge in [0.25, 0.3) is 0 Å². The number of piperazine rings is 1. The molecule has 2 heterocycles. The van der Waals surface area contributed by atoms with Crippen molar-refractivity contribution in [2.45, 2.75) is 13.8 Å². The molecule has 1 amide bonds. The van der Waals surface area contributed by atoms with Crippen molar-refractivity contribution in [3.8, 4) is 0 Å². The second-order valence-electron chi connectivity index (χ2n) is 6.75. The standard InChI is InChI=1S/C19H24N4O3S/c1-15-4-3-5-17(12-15)22-8-10-23(11-9-22)27(25,26)14-19(24)21-18-13-16(2)6-7-20-18/h3-7,12-13H,8-11,14H2,1-2H3,(H,20,21,24). The first-order valence-corrected chi connectivity index (χ1v) is 10.5. The lowest BCUT2D eigenvalue weighted by Crippen LogP contribution is -2.50. The van der Waals surface area contributed by atoms with E-state index in [9.17, 15) is 13.2 Å². The average Bonchev–Trinajstić information content (AvgIpc) is 2.61. The quantitative estimate of drug-likeness (QED) is 0.844. The van der Waals surface area contributed by atoms with Gasteiger partial charge in [0.2, 0.25) is 15.9 Å². The number of carbonyl (C=O) groups is 1. The third kappa shape index (κ3) is 5.05. The summed E-state index contributed by atoms with van der Waals surface area (Å²) in [5.74, 6) is -0.791. The van der Waals surface area contributed by atoms with Gasteiger partial charge >= 0.3 is 0 Å². The maximum Gasteiger partial charge on any atom is 0.242 e. The normalized spacial score (nSPS) is 15.6. The van der Waals surface area contributed by atoms with E-state index in [4.69, 9.17) is 0 Å². The molecule has 1 aliphatic rings. The molecule has 7 nitrogen and oxygen atoms in total. The van der Waals surface area contributed by atoms with Gasteiger partial charge in [-0.15, -0.1) is 0 Å². The van der Waals surface area contributed by atoms with Crippen LogP contribution >= 0.6 is 0 Å². The Bertz CT molecular complexity index is 922. The molecule has 1 saturated heterocycles. The van der Waals surface area contributed by atoms with E-state index in [0.717, 1.165) is 11.3 Å². The number of benzene rings is 1. The van der Waals surface area contributed by atoms with Gasteiger partial charge in [0.1, 0.15) is 11.6 Å². The SMILES string of the molecule is Cc1cccc(N2CCN(S(=O)(=O)CC(=O)Nc3cc(C)ccn3)CC2)c1. The minimum atomic E-state index is -3.66. The lowest BCUT2D eigenvalue weighted by atomic mass is 10.2. The second-order valence-corrected chi connectivity index (χ2v) is 8.72. The van der Waals surface area contributed by atoms with Gasteiger partial charge in [-0.25, -0.2) is 13.4 Å². The fourth-order valence-electron chi connectivity index (χ4n) is 3.09. The molecule has 27 heavy (non-hydrogen) atoms. The van der Waals surface area contributed by atoms with Crippen molar-refractivity contribution in [2.24, 2.45) is 0 Å². The Morgan fingerprint density at radius 2 is 1.78 bits per heavy atom. The number of carbonyl (C=O) groups excluding carboxylic acids is 1. The fourth-order valence-corrected chi connectivity index (χ4v) is 4.40. The number of nitrogens with one attached hydrogen (secondary N) is 1. The molecule has 3 rings (SSSR count). The largest absolute Gasteiger partial charge is 0.369 e. The summed E-state index contributed by atoms with van der Waals surface area (Å²) in [4.78, 5) is 18.3. The summed E-state index contributed by atoms with van der Waals surface area (Å²) in [5, 5.41) is 2.55. The number of pyridine rings is 1. The summed E-state index contributed by atoms with van der Waals surface area (Å²) in [5.41, 5.74) is 3.20. The van der Waals surface area contributed by atoms with Crippen LogP contribution in [0.4, 0.5) is 11.5 Å². The Kier molecular flexibility index (Phi) is 5.76. The van der Waals surface area contributed by atoms with Crippen LogP contribution in [-0.2, 0) is 14.8 Å². The number of aromatic nitrogens is 1. The molecule has 8 heteroatoms. The van der Waals surface area contributed by atoms with E-state index < -0.39 is 21.7 Å². The Morgan fingerprint density at radius 1 is 1.07 bits per heavy atom. The highest BCUT2D eigenvalue weighted by Gasteiger charge is 2.29. The van der Waals surface area contributed by atoms with Gasteiger partial charge in [0.15, 0.2) is 0 Å². The number of rotatable bonds is 5. The average molecular weight is 388 g/mol. The molecular weight excluding hydrogens is 364 g/mol. The van der Waals surface area contributed by atoms with Gasteiger partial charge in [0, 0.05) is 38.1 Å². The number of hydrogen-bond donors (Lipinski definition) is 1. The fraction of sp³-hybridized carbons (Fsp3) is 0.368. The molecule has 144 valence electrons. The highest BCUT2D eigenvalue weighted by molar-refractivity contribution is 7.89. The van der Waals surface area contributed by atoms with Crippen LogP contribution in [0.25, 0.3) is 0 Å². The highest BCUT2D eigenvalue weighted by atomic mass is 32.2. The molecule has 0 radical (unpaired) electrons. The van der Waals surface area contributed by atoms with Crippen LogP contribution in [0.1, 0.15) is 11.1 Å². The molecule has 0 unspecified atom stereocenters. The molecule has 1 aromatic carbocycles. The van der Waals surface area contributed by atoms with Crippen molar-refractivity contribution >= 4 is 27.4 Å². The number of amides is 1. The zero-order valence-electron chi connectivity index (χ0n) is 15.6. The van der Waals surface area contributed by atoms with Crippen molar-refractivity contribution in [3.63, 3.8) is 0 Å². The molecule has 0 spiro atoms. The summed E-state index contributed by atoms with van der Waals surface area (Å²) in [6.45, 7) is 5.85. The monoisotopic (exact) mass is 388 g/mol. The maximum atomic E-state index is 12.6. The Hall–Kier alpha value is -2.45. The Labute approximate surface area is 160 Å². The topological polar surface area (TPSA) is 82.6 Å². The van der Waals surface area contributed by atoms with Crippen LogP contribution in [-0.4, -0.2) is 55.5 Å². The van der Waals surface area contributed by atoms with Gasteiger partial charge in [-0.2, -0.15) is 4.31 Å². The molecule has 1 N–H and O–H groups in total. The third-order valence-corrected chi connectivity index (χ3v) is 6.27. The zero-order chi connectivity index (χ0) is 19.4. The molecule has 1 aromatic heterocycles. The summed E-state index contributed by atoms with van der Waals surface area (Å²) >= 11 is 0. The van der Waals surface area contributed by atoms with Gasteiger partial charge < -0.3 is 10.2 Å². The summed E-state index contributed by atoms with van der Waals surface area (Å²) < 4.78 is 26.5. The summed E-state index contributed by atoms with van der Waals surface area (Å²) in [6, 6.07) is 11.7. The van der Waals surface area contributed by atoms with Gasteiger partial charge in [-0.3, -0.25) is 4.79 Å². The lowest BCUT2D eigenvalue weighted by Gasteiger charge is -2.35. The van der Waals surface area contributed by atoms with E-state index in [1.54, 1.807) is 18.3 Å². The molecule has 2 aromatic rings. The molecule has 1 aliphatic heterocycles. The van der Waals surface area contributed by atoms with Crippen molar-refractivity contribution in [2.75, 3.05) is 42.1 Å². The molecule has 0 bridgehead atoms. The second kappa shape index (κ2) is 8.06. The molecule has 0 atom stereocenters. The Balaban J connectivity index is 1.57. The van der Waals surface area contributed by atoms with Crippen LogP contribution in [0.5, 0.6) is 0 Å². The van der Waals surface area contributed by atoms with Crippen LogP contribution in [0.3, 0.4) is 0 Å². The van der Waals surface area contributed by atoms with Gasteiger partial charge in [0.05, 0.1) is 0 Å². The first-order valence-electron chi connectivity index (χ1n) is 8.85. The van der Waals surface area contributed by atoms with Crippen LogP contribution in [0.2, 0.25) is 0 Å². The van der Waals surface area contributed by atoms with E-state index >= 15 is 0 Å². The lowest BCUT2D eigenvalue weighted by molar-refractivity contribution is -0.114.